The number of carbonyl (C=O) groups excluding carboxylic acids is 2. The number of anilines is 1. The van der Waals surface area contributed by atoms with Crippen LogP contribution >= 0.6 is 11.3 Å². The molecule has 19 heavy (non-hydrogen) atoms. The molecule has 0 bridgehead atoms. The van der Waals surface area contributed by atoms with E-state index in [0.717, 1.165) is 5.00 Å². The van der Waals surface area contributed by atoms with Crippen molar-refractivity contribution < 1.29 is 14.3 Å². The molecule has 1 rings (SSSR count). The molecule has 0 spiro atoms. The van der Waals surface area contributed by atoms with Crippen LogP contribution in [0.1, 0.15) is 20.3 Å². The van der Waals surface area contributed by atoms with Gasteiger partial charge in [-0.2, -0.15) is 0 Å². The maximum absolute atomic E-state index is 12.1. The van der Waals surface area contributed by atoms with Crippen LogP contribution in [0.15, 0.2) is 30.2 Å². The molecule has 0 aromatic carbocycles. The highest BCUT2D eigenvalue weighted by Gasteiger charge is 2.31. The van der Waals surface area contributed by atoms with Gasteiger partial charge in [-0.05, 0) is 35.9 Å². The molecule has 0 saturated carbocycles. The molecule has 0 saturated heterocycles. The van der Waals surface area contributed by atoms with Crippen molar-refractivity contribution in [1.82, 2.24) is 0 Å². The van der Waals surface area contributed by atoms with E-state index in [4.69, 9.17) is 4.74 Å². The van der Waals surface area contributed by atoms with Crippen LogP contribution in [0.25, 0.3) is 0 Å². The Bertz CT molecular complexity index is 440. The van der Waals surface area contributed by atoms with Crippen LogP contribution in [0, 0.1) is 5.92 Å². The average molecular weight is 281 g/mol. The molecule has 0 aliphatic heterocycles. The van der Waals surface area contributed by atoms with Gasteiger partial charge >= 0.3 is 5.97 Å². The predicted octanol–water partition coefficient (Wildman–Crippen LogP) is 2.85. The molecule has 1 aromatic heterocycles. The summed E-state index contributed by atoms with van der Waals surface area (Å²) in [5.41, 5.74) is 0. The van der Waals surface area contributed by atoms with Crippen LogP contribution < -0.4 is 4.90 Å². The molecule has 1 heterocycles. The van der Waals surface area contributed by atoms with Gasteiger partial charge in [0.1, 0.15) is 6.04 Å². The molecule has 1 unspecified atom stereocenters. The van der Waals surface area contributed by atoms with Gasteiger partial charge in [-0.25, -0.2) is 4.79 Å². The van der Waals surface area contributed by atoms with Gasteiger partial charge < -0.3 is 4.74 Å². The lowest BCUT2D eigenvalue weighted by atomic mass is 10.0. The predicted molar refractivity (Wildman–Crippen MR) is 77.3 cm³/mol. The molecule has 0 radical (unpaired) electrons. The Morgan fingerprint density at radius 3 is 2.63 bits per heavy atom. The van der Waals surface area contributed by atoms with Crippen molar-refractivity contribution in [3.8, 4) is 0 Å². The van der Waals surface area contributed by atoms with Gasteiger partial charge in [0.25, 0.3) is 5.91 Å². The average Bonchev–Trinajstić information content (AvgIpc) is 2.90. The first-order chi connectivity index (χ1) is 9.01. The Morgan fingerprint density at radius 2 is 2.21 bits per heavy atom. The Morgan fingerprint density at radius 1 is 1.53 bits per heavy atom. The second-order valence-corrected chi connectivity index (χ2v) is 5.46. The first-order valence-electron chi connectivity index (χ1n) is 6.08. The number of ether oxygens (including phenoxy) is 1. The lowest BCUT2D eigenvalue weighted by Gasteiger charge is -2.28. The second kappa shape index (κ2) is 7.09. The molecule has 0 fully saturated rings. The van der Waals surface area contributed by atoms with Crippen LogP contribution in [0.2, 0.25) is 0 Å². The fourth-order valence-electron chi connectivity index (χ4n) is 1.81. The van der Waals surface area contributed by atoms with Crippen LogP contribution in [-0.4, -0.2) is 25.0 Å². The Labute approximate surface area is 117 Å². The van der Waals surface area contributed by atoms with Crippen molar-refractivity contribution in [2.45, 2.75) is 26.3 Å². The Hall–Kier alpha value is -1.62. The number of methoxy groups -OCH3 is 1. The highest BCUT2D eigenvalue weighted by atomic mass is 32.1. The monoisotopic (exact) mass is 281 g/mol. The summed E-state index contributed by atoms with van der Waals surface area (Å²) >= 11 is 1.41. The zero-order chi connectivity index (χ0) is 14.4. The third-order valence-corrected chi connectivity index (χ3v) is 3.50. The Balaban J connectivity index is 3.13. The largest absolute Gasteiger partial charge is 0.467 e. The zero-order valence-electron chi connectivity index (χ0n) is 11.5. The van der Waals surface area contributed by atoms with Gasteiger partial charge in [-0.3, -0.25) is 9.69 Å². The summed E-state index contributed by atoms with van der Waals surface area (Å²) in [6, 6.07) is 3.03. The van der Waals surface area contributed by atoms with Crippen molar-refractivity contribution >= 4 is 28.2 Å². The number of thiophene rings is 1. The standard InChI is InChI=1S/C14H19NO3S/c1-5-12(16)15(13-7-6-8-19-13)11(9-10(2)3)14(17)18-4/h5-8,10-11H,1,9H2,2-4H3. The highest BCUT2D eigenvalue weighted by molar-refractivity contribution is 7.14. The maximum atomic E-state index is 12.1. The number of esters is 1. The van der Waals surface area contributed by atoms with Crippen LogP contribution in [0.3, 0.4) is 0 Å². The fraction of sp³-hybridized carbons (Fsp3) is 0.429. The van der Waals surface area contributed by atoms with Gasteiger partial charge in [0, 0.05) is 0 Å². The minimum Gasteiger partial charge on any atom is -0.467 e. The van der Waals surface area contributed by atoms with Gasteiger partial charge in [0.15, 0.2) is 0 Å². The molecular formula is C14H19NO3S. The van der Waals surface area contributed by atoms with Crippen molar-refractivity contribution in [2.75, 3.05) is 12.0 Å². The second-order valence-electron chi connectivity index (χ2n) is 4.53. The summed E-state index contributed by atoms with van der Waals surface area (Å²) in [6.07, 6.45) is 1.76. The quantitative estimate of drug-likeness (QED) is 0.595. The number of nitrogens with zero attached hydrogens (tertiary/aromatic N) is 1. The summed E-state index contributed by atoms with van der Waals surface area (Å²) in [4.78, 5) is 25.5. The minimum atomic E-state index is -0.617. The summed E-state index contributed by atoms with van der Waals surface area (Å²) < 4.78 is 4.82. The van der Waals surface area contributed by atoms with Crippen molar-refractivity contribution in [3.05, 3.63) is 30.2 Å². The Kier molecular flexibility index (Phi) is 5.76. The molecule has 1 atom stereocenters. The summed E-state index contributed by atoms with van der Waals surface area (Å²) in [5, 5.41) is 2.59. The van der Waals surface area contributed by atoms with Crippen LogP contribution in [0.4, 0.5) is 5.00 Å². The van der Waals surface area contributed by atoms with E-state index in [0.29, 0.717) is 6.42 Å². The van der Waals surface area contributed by atoms with Crippen LogP contribution in [0.5, 0.6) is 0 Å². The van der Waals surface area contributed by atoms with E-state index < -0.39 is 12.0 Å². The molecule has 1 aromatic rings. The van der Waals surface area contributed by atoms with E-state index in [1.807, 2.05) is 31.4 Å². The summed E-state index contributed by atoms with van der Waals surface area (Å²) in [7, 11) is 1.33. The molecule has 4 nitrogen and oxygen atoms in total. The van der Waals surface area contributed by atoms with Gasteiger partial charge in [0.2, 0.25) is 0 Å². The molecule has 104 valence electrons. The summed E-state index contributed by atoms with van der Waals surface area (Å²) in [5.74, 6) is -0.431. The molecular weight excluding hydrogens is 262 g/mol. The zero-order valence-corrected chi connectivity index (χ0v) is 12.3. The number of hydrogen-bond acceptors (Lipinski definition) is 4. The fourth-order valence-corrected chi connectivity index (χ4v) is 2.60. The third kappa shape index (κ3) is 3.92. The van der Waals surface area contributed by atoms with Crippen LogP contribution in [-0.2, 0) is 14.3 Å². The van der Waals surface area contributed by atoms with E-state index in [2.05, 4.69) is 6.58 Å². The molecule has 0 aliphatic carbocycles. The van der Waals surface area contributed by atoms with Gasteiger partial charge in [-0.15, -0.1) is 11.3 Å². The molecule has 0 N–H and O–H groups in total. The number of rotatable bonds is 6. The first-order valence-corrected chi connectivity index (χ1v) is 6.96. The van der Waals surface area contributed by atoms with E-state index in [1.54, 1.807) is 0 Å². The van der Waals surface area contributed by atoms with Gasteiger partial charge in [-0.1, -0.05) is 20.4 Å². The molecule has 5 heteroatoms. The normalized spacial score (nSPS) is 12.0. The topological polar surface area (TPSA) is 46.6 Å². The van der Waals surface area contributed by atoms with Crippen molar-refractivity contribution in [1.29, 1.82) is 0 Å². The van der Waals surface area contributed by atoms with Crippen molar-refractivity contribution in [2.24, 2.45) is 5.92 Å². The van der Waals surface area contributed by atoms with Crippen molar-refractivity contribution in [3.63, 3.8) is 0 Å². The number of carbonyl (C=O) groups is 2. The SMILES string of the molecule is C=CC(=O)N(c1cccs1)C(CC(C)C)C(=O)OC. The maximum Gasteiger partial charge on any atom is 0.329 e. The van der Waals surface area contributed by atoms with E-state index >= 15 is 0 Å². The highest BCUT2D eigenvalue weighted by Crippen LogP contribution is 2.27. The smallest absolute Gasteiger partial charge is 0.329 e. The minimum absolute atomic E-state index is 0.268. The van der Waals surface area contributed by atoms with E-state index in [9.17, 15) is 9.59 Å². The molecule has 0 aliphatic rings. The first kappa shape index (κ1) is 15.4. The number of amides is 1. The number of hydrogen-bond donors (Lipinski definition) is 0. The molecule has 1 amide bonds. The van der Waals surface area contributed by atoms with E-state index in [-0.39, 0.29) is 11.8 Å². The lowest BCUT2D eigenvalue weighted by Crippen LogP contribution is -2.45. The third-order valence-electron chi connectivity index (χ3n) is 2.64. The lowest BCUT2D eigenvalue weighted by molar-refractivity contribution is -0.143. The van der Waals surface area contributed by atoms with Gasteiger partial charge in [0.05, 0.1) is 12.1 Å². The van der Waals surface area contributed by atoms with E-state index in [1.165, 1.54) is 29.4 Å². The summed E-state index contributed by atoms with van der Waals surface area (Å²) in [6.45, 7) is 7.50.